The molecule has 0 aromatic heterocycles. The summed E-state index contributed by atoms with van der Waals surface area (Å²) in [5, 5.41) is 14.3. The Morgan fingerprint density at radius 3 is 2.76 bits per heavy atom. The number of hydrogen-bond donors (Lipinski definition) is 3. The van der Waals surface area contributed by atoms with Crippen LogP contribution in [0.25, 0.3) is 0 Å². The number of carboxylic acid groups (broad SMARTS) is 1. The fourth-order valence-electron chi connectivity index (χ4n) is 2.64. The first kappa shape index (κ1) is 15.4. The second kappa shape index (κ2) is 7.11. The van der Waals surface area contributed by atoms with Crippen LogP contribution in [0.2, 0.25) is 0 Å². The molecule has 1 atom stereocenters. The molecule has 1 aromatic rings. The van der Waals surface area contributed by atoms with Gasteiger partial charge in [-0.15, -0.1) is 0 Å². The highest BCUT2D eigenvalue weighted by Crippen LogP contribution is 2.24. The molecule has 5 nitrogen and oxygen atoms in total. The number of aryl methyl sites for hydroxylation is 2. The highest BCUT2D eigenvalue weighted by molar-refractivity contribution is 5.92. The van der Waals surface area contributed by atoms with Crippen molar-refractivity contribution in [3.63, 3.8) is 0 Å². The number of carboxylic acids is 1. The number of anilines is 1. The number of aliphatic carboxylic acids is 1. The molecule has 5 heteroatoms. The maximum Gasteiger partial charge on any atom is 0.326 e. The minimum atomic E-state index is -0.993. The lowest BCUT2D eigenvalue weighted by atomic mass is 10.1. The molecule has 2 rings (SSSR count). The highest BCUT2D eigenvalue weighted by Gasteiger charge is 2.19. The quantitative estimate of drug-likeness (QED) is 0.753. The Morgan fingerprint density at radius 1 is 1.29 bits per heavy atom. The van der Waals surface area contributed by atoms with Gasteiger partial charge in [0, 0.05) is 5.69 Å². The van der Waals surface area contributed by atoms with Crippen LogP contribution in [0.15, 0.2) is 18.2 Å². The minimum absolute atomic E-state index is 0.448. The van der Waals surface area contributed by atoms with Crippen molar-refractivity contribution < 1.29 is 14.7 Å². The van der Waals surface area contributed by atoms with Crippen molar-refractivity contribution >= 4 is 17.7 Å². The topological polar surface area (TPSA) is 78.4 Å². The van der Waals surface area contributed by atoms with Crippen molar-refractivity contribution in [2.75, 3.05) is 5.32 Å². The number of urea groups is 1. The van der Waals surface area contributed by atoms with Gasteiger partial charge in [0.05, 0.1) is 0 Å². The fourth-order valence-corrected chi connectivity index (χ4v) is 2.64. The summed E-state index contributed by atoms with van der Waals surface area (Å²) in [6, 6.07) is 4.58. The zero-order valence-corrected chi connectivity index (χ0v) is 12.3. The molecule has 1 unspecified atom stereocenters. The number of fused-ring (bicyclic) bond motifs is 1. The van der Waals surface area contributed by atoms with Crippen LogP contribution in [0.5, 0.6) is 0 Å². The maximum absolute atomic E-state index is 11.9. The number of hydrogen-bond acceptors (Lipinski definition) is 2. The van der Waals surface area contributed by atoms with E-state index in [-0.39, 0.29) is 0 Å². The van der Waals surface area contributed by atoms with Crippen molar-refractivity contribution in [1.29, 1.82) is 0 Å². The molecule has 0 radical (unpaired) electrons. The largest absolute Gasteiger partial charge is 0.480 e. The predicted octanol–water partition coefficient (Wildman–Crippen LogP) is 2.94. The van der Waals surface area contributed by atoms with Crippen molar-refractivity contribution in [3.8, 4) is 0 Å². The summed E-state index contributed by atoms with van der Waals surface area (Å²) in [4.78, 5) is 23.0. The van der Waals surface area contributed by atoms with E-state index in [9.17, 15) is 9.59 Å². The fraction of sp³-hybridized carbons (Fsp3) is 0.500. The van der Waals surface area contributed by atoms with E-state index in [0.29, 0.717) is 12.1 Å². The van der Waals surface area contributed by atoms with Gasteiger partial charge >= 0.3 is 12.0 Å². The molecule has 21 heavy (non-hydrogen) atoms. The van der Waals surface area contributed by atoms with Gasteiger partial charge in [-0.05, 0) is 48.9 Å². The van der Waals surface area contributed by atoms with Crippen molar-refractivity contribution in [2.24, 2.45) is 0 Å². The van der Waals surface area contributed by atoms with Gasteiger partial charge in [-0.2, -0.15) is 0 Å². The summed E-state index contributed by atoms with van der Waals surface area (Å²) < 4.78 is 0. The first-order chi connectivity index (χ1) is 10.1. The average molecular weight is 290 g/mol. The summed E-state index contributed by atoms with van der Waals surface area (Å²) in [6.45, 7) is 1.99. The zero-order valence-electron chi connectivity index (χ0n) is 12.3. The molecule has 3 N–H and O–H groups in total. The van der Waals surface area contributed by atoms with E-state index in [1.807, 2.05) is 25.1 Å². The van der Waals surface area contributed by atoms with Crippen LogP contribution in [-0.2, 0) is 17.6 Å². The summed E-state index contributed by atoms with van der Waals surface area (Å²) in [7, 11) is 0. The molecule has 2 amide bonds. The van der Waals surface area contributed by atoms with Crippen LogP contribution in [0.4, 0.5) is 10.5 Å². The zero-order chi connectivity index (χ0) is 15.2. The van der Waals surface area contributed by atoms with E-state index in [2.05, 4.69) is 10.6 Å². The molecule has 1 aromatic carbocycles. The number of benzene rings is 1. The van der Waals surface area contributed by atoms with Gasteiger partial charge in [0.25, 0.3) is 0 Å². The Morgan fingerprint density at radius 2 is 2.05 bits per heavy atom. The number of unbranched alkanes of at least 4 members (excludes halogenated alkanes) is 1. The van der Waals surface area contributed by atoms with Gasteiger partial charge in [0.15, 0.2) is 0 Å². The van der Waals surface area contributed by atoms with Crippen LogP contribution >= 0.6 is 0 Å². The van der Waals surface area contributed by atoms with Gasteiger partial charge < -0.3 is 15.7 Å². The molecule has 0 bridgehead atoms. The average Bonchev–Trinajstić information content (AvgIpc) is 2.90. The first-order valence-corrected chi connectivity index (χ1v) is 7.52. The highest BCUT2D eigenvalue weighted by atomic mass is 16.4. The van der Waals surface area contributed by atoms with Crippen LogP contribution in [0.3, 0.4) is 0 Å². The second-order valence-electron chi connectivity index (χ2n) is 5.47. The smallest absolute Gasteiger partial charge is 0.326 e. The molecule has 0 saturated heterocycles. The Kier molecular flexibility index (Phi) is 5.20. The standard InChI is InChI=1S/C16H22N2O3/c1-2-3-7-14(15(19)20)18-16(21)17-13-9-8-11-5-4-6-12(11)10-13/h8-10,14H,2-7H2,1H3,(H,19,20)(H2,17,18,21). The van der Waals surface area contributed by atoms with Gasteiger partial charge in [-0.1, -0.05) is 25.8 Å². The van der Waals surface area contributed by atoms with E-state index < -0.39 is 18.0 Å². The number of nitrogens with one attached hydrogen (secondary N) is 2. The Balaban J connectivity index is 1.92. The maximum atomic E-state index is 11.9. The molecular formula is C16H22N2O3. The van der Waals surface area contributed by atoms with Crippen molar-refractivity contribution in [3.05, 3.63) is 29.3 Å². The van der Waals surface area contributed by atoms with Crippen LogP contribution < -0.4 is 10.6 Å². The van der Waals surface area contributed by atoms with Gasteiger partial charge in [0.1, 0.15) is 6.04 Å². The Labute approximate surface area is 124 Å². The third kappa shape index (κ3) is 4.21. The molecule has 0 aliphatic heterocycles. The van der Waals surface area contributed by atoms with Gasteiger partial charge in [-0.3, -0.25) is 0 Å². The molecule has 1 aliphatic carbocycles. The van der Waals surface area contributed by atoms with Crippen LogP contribution in [-0.4, -0.2) is 23.1 Å². The lowest BCUT2D eigenvalue weighted by Crippen LogP contribution is -2.42. The monoisotopic (exact) mass is 290 g/mol. The molecule has 0 heterocycles. The molecule has 0 spiro atoms. The summed E-state index contributed by atoms with van der Waals surface area (Å²) in [5.41, 5.74) is 3.33. The molecular weight excluding hydrogens is 268 g/mol. The van der Waals surface area contributed by atoms with E-state index >= 15 is 0 Å². The van der Waals surface area contributed by atoms with E-state index in [1.165, 1.54) is 11.1 Å². The summed E-state index contributed by atoms with van der Waals surface area (Å²) >= 11 is 0. The normalized spacial score (nSPS) is 14.3. The number of rotatable bonds is 6. The van der Waals surface area contributed by atoms with Crippen molar-refractivity contribution in [1.82, 2.24) is 5.32 Å². The van der Waals surface area contributed by atoms with Crippen LogP contribution in [0.1, 0.15) is 43.7 Å². The van der Waals surface area contributed by atoms with E-state index in [4.69, 9.17) is 5.11 Å². The SMILES string of the molecule is CCCCC(NC(=O)Nc1ccc2c(c1)CCC2)C(=O)O. The molecule has 0 saturated carbocycles. The van der Waals surface area contributed by atoms with E-state index in [0.717, 1.165) is 32.1 Å². The minimum Gasteiger partial charge on any atom is -0.480 e. The molecule has 0 fully saturated rings. The first-order valence-electron chi connectivity index (χ1n) is 7.52. The Bertz CT molecular complexity index is 528. The lowest BCUT2D eigenvalue weighted by Gasteiger charge is -2.15. The van der Waals surface area contributed by atoms with E-state index in [1.54, 1.807) is 0 Å². The molecule has 1 aliphatic rings. The van der Waals surface area contributed by atoms with Crippen molar-refractivity contribution in [2.45, 2.75) is 51.5 Å². The van der Waals surface area contributed by atoms with Crippen LogP contribution in [0, 0.1) is 0 Å². The van der Waals surface area contributed by atoms with Gasteiger partial charge in [0.2, 0.25) is 0 Å². The van der Waals surface area contributed by atoms with Gasteiger partial charge in [-0.25, -0.2) is 9.59 Å². The Hall–Kier alpha value is -2.04. The third-order valence-electron chi connectivity index (χ3n) is 3.81. The summed E-state index contributed by atoms with van der Waals surface area (Å²) in [6.07, 6.45) is 5.42. The third-order valence-corrected chi connectivity index (χ3v) is 3.81. The summed E-state index contributed by atoms with van der Waals surface area (Å²) in [5.74, 6) is -0.993. The number of carbonyl (C=O) groups is 2. The lowest BCUT2D eigenvalue weighted by molar-refractivity contribution is -0.139. The number of carbonyl (C=O) groups excluding carboxylic acids is 1. The molecule has 114 valence electrons. The predicted molar refractivity (Wildman–Crippen MR) is 81.6 cm³/mol. The second-order valence-corrected chi connectivity index (χ2v) is 5.47. The number of amides is 2.